The van der Waals surface area contributed by atoms with E-state index < -0.39 is 6.16 Å². The molecule has 1 heterocycles. The molecule has 0 aromatic heterocycles. The molecule has 84 valence electrons. The highest BCUT2D eigenvalue weighted by Gasteiger charge is 2.50. The van der Waals surface area contributed by atoms with Crippen LogP contribution in [0, 0.1) is 5.41 Å². The number of hydrogen-bond acceptors (Lipinski definition) is 4. The molecule has 0 bridgehead atoms. The van der Waals surface area contributed by atoms with E-state index in [1.54, 1.807) is 0 Å². The minimum absolute atomic E-state index is 0.00569. The summed E-state index contributed by atoms with van der Waals surface area (Å²) in [6.45, 7) is 8.17. The Morgan fingerprint density at radius 3 is 1.57 bits per heavy atom. The molecule has 1 saturated heterocycles. The van der Waals surface area contributed by atoms with Gasteiger partial charge in [0.25, 0.3) is 0 Å². The first kappa shape index (κ1) is 11.9. The van der Waals surface area contributed by atoms with Gasteiger partial charge in [0.1, 0.15) is 0 Å². The van der Waals surface area contributed by atoms with E-state index in [1.807, 2.05) is 13.8 Å². The predicted molar refractivity (Wildman–Crippen MR) is 51.6 cm³/mol. The predicted octanol–water partition coefficient (Wildman–Crippen LogP) is 1.74. The quantitative estimate of drug-likeness (QED) is 0.642. The van der Waals surface area contributed by atoms with Gasteiger partial charge in [-0.3, -0.25) is 9.47 Å². The van der Waals surface area contributed by atoms with E-state index in [2.05, 4.69) is 13.8 Å². The lowest BCUT2D eigenvalue weighted by Gasteiger charge is -2.48. The maximum Gasteiger partial charge on any atom is 0.412 e. The van der Waals surface area contributed by atoms with Crippen molar-refractivity contribution in [3.63, 3.8) is 0 Å². The summed E-state index contributed by atoms with van der Waals surface area (Å²) in [5.74, 6) is 0. The Labute approximate surface area is 85.5 Å². The summed E-state index contributed by atoms with van der Waals surface area (Å²) in [6.07, 6.45) is -1.33. The second-order valence-electron chi connectivity index (χ2n) is 4.25. The molecule has 0 aromatic carbocycles. The lowest BCUT2D eigenvalue weighted by atomic mass is 9.81. The molecule has 0 aromatic rings. The summed E-state index contributed by atoms with van der Waals surface area (Å²) in [5.41, 5.74) is -0.0550. The van der Waals surface area contributed by atoms with Gasteiger partial charge in [-0.25, -0.2) is 0 Å². The SMILES string of the molecule is COC1(OC)OC(C)C(C)(C)C(C)O1. The molecule has 4 heteroatoms. The van der Waals surface area contributed by atoms with E-state index in [-0.39, 0.29) is 17.6 Å². The summed E-state index contributed by atoms with van der Waals surface area (Å²) in [6, 6.07) is 0. The lowest BCUT2D eigenvalue weighted by molar-refractivity contribution is -0.536. The molecule has 0 saturated carbocycles. The summed E-state index contributed by atoms with van der Waals surface area (Å²) in [4.78, 5) is 0. The Kier molecular flexibility index (Phi) is 3.21. The highest BCUT2D eigenvalue weighted by atomic mass is 17.0. The topological polar surface area (TPSA) is 36.9 Å². The second kappa shape index (κ2) is 3.77. The van der Waals surface area contributed by atoms with Gasteiger partial charge in [0.2, 0.25) is 0 Å². The van der Waals surface area contributed by atoms with Crippen molar-refractivity contribution in [3.05, 3.63) is 0 Å². The van der Waals surface area contributed by atoms with Crippen LogP contribution in [0.3, 0.4) is 0 Å². The molecule has 4 nitrogen and oxygen atoms in total. The fraction of sp³-hybridized carbons (Fsp3) is 1.00. The standard InChI is InChI=1S/C10H20O4/c1-7-9(3,4)8(2)14-10(11-5,12-6)13-7/h7-8H,1-6H3. The first-order valence-corrected chi connectivity index (χ1v) is 4.84. The fourth-order valence-electron chi connectivity index (χ4n) is 1.37. The van der Waals surface area contributed by atoms with Crippen LogP contribution in [-0.4, -0.2) is 32.6 Å². The van der Waals surface area contributed by atoms with E-state index in [0.29, 0.717) is 0 Å². The fourth-order valence-corrected chi connectivity index (χ4v) is 1.37. The average Bonchev–Trinajstić information content (AvgIpc) is 2.14. The molecule has 0 aliphatic carbocycles. The minimum Gasteiger partial charge on any atom is -0.307 e. The summed E-state index contributed by atoms with van der Waals surface area (Å²) < 4.78 is 21.4. The van der Waals surface area contributed by atoms with Gasteiger partial charge >= 0.3 is 6.16 Å². The van der Waals surface area contributed by atoms with Crippen LogP contribution in [0.4, 0.5) is 0 Å². The third-order valence-electron chi connectivity index (χ3n) is 3.24. The Hall–Kier alpha value is -0.160. The lowest BCUT2D eigenvalue weighted by Crippen LogP contribution is -2.57. The molecule has 1 aliphatic heterocycles. The van der Waals surface area contributed by atoms with Crippen molar-refractivity contribution in [2.45, 2.75) is 46.1 Å². The van der Waals surface area contributed by atoms with Crippen LogP contribution in [0.1, 0.15) is 27.7 Å². The van der Waals surface area contributed by atoms with E-state index in [1.165, 1.54) is 14.2 Å². The van der Waals surface area contributed by atoms with Crippen molar-refractivity contribution < 1.29 is 18.9 Å². The number of ether oxygens (including phenoxy) is 4. The van der Waals surface area contributed by atoms with Crippen molar-refractivity contribution >= 4 is 0 Å². The zero-order valence-electron chi connectivity index (χ0n) is 9.79. The van der Waals surface area contributed by atoms with Gasteiger partial charge in [-0.2, -0.15) is 0 Å². The molecule has 2 atom stereocenters. The van der Waals surface area contributed by atoms with Gasteiger partial charge in [-0.1, -0.05) is 13.8 Å². The van der Waals surface area contributed by atoms with Crippen molar-refractivity contribution in [2.75, 3.05) is 14.2 Å². The van der Waals surface area contributed by atoms with E-state index in [9.17, 15) is 0 Å². The molecule has 1 fully saturated rings. The van der Waals surface area contributed by atoms with Crippen LogP contribution < -0.4 is 0 Å². The normalized spacial score (nSPS) is 35.6. The van der Waals surface area contributed by atoms with E-state index in [0.717, 1.165) is 0 Å². The van der Waals surface area contributed by atoms with Crippen molar-refractivity contribution in [1.82, 2.24) is 0 Å². The molecule has 2 unspecified atom stereocenters. The molecule has 1 rings (SSSR count). The number of hydrogen-bond donors (Lipinski definition) is 0. The first-order valence-electron chi connectivity index (χ1n) is 4.84. The minimum atomic E-state index is -1.34. The maximum absolute atomic E-state index is 5.59. The number of methoxy groups -OCH3 is 2. The summed E-state index contributed by atoms with van der Waals surface area (Å²) in [5, 5.41) is 0. The van der Waals surface area contributed by atoms with Gasteiger partial charge in [-0.15, -0.1) is 0 Å². The van der Waals surface area contributed by atoms with Crippen molar-refractivity contribution in [2.24, 2.45) is 5.41 Å². The van der Waals surface area contributed by atoms with Crippen LogP contribution in [0.15, 0.2) is 0 Å². The van der Waals surface area contributed by atoms with Gasteiger partial charge in [0.15, 0.2) is 0 Å². The van der Waals surface area contributed by atoms with Gasteiger partial charge in [0.05, 0.1) is 12.2 Å². The van der Waals surface area contributed by atoms with Crippen LogP contribution in [0.2, 0.25) is 0 Å². The zero-order valence-corrected chi connectivity index (χ0v) is 9.79. The molecule has 0 radical (unpaired) electrons. The highest BCUT2D eigenvalue weighted by molar-refractivity contribution is 4.85. The van der Waals surface area contributed by atoms with E-state index >= 15 is 0 Å². The zero-order chi connectivity index (χ0) is 11.0. The van der Waals surface area contributed by atoms with Crippen molar-refractivity contribution in [3.8, 4) is 0 Å². The molecule has 14 heavy (non-hydrogen) atoms. The Morgan fingerprint density at radius 2 is 1.29 bits per heavy atom. The molecule has 0 N–H and O–H groups in total. The van der Waals surface area contributed by atoms with Crippen LogP contribution in [-0.2, 0) is 18.9 Å². The van der Waals surface area contributed by atoms with Gasteiger partial charge in [-0.05, 0) is 13.8 Å². The summed E-state index contributed by atoms with van der Waals surface area (Å²) in [7, 11) is 3.00. The second-order valence-corrected chi connectivity index (χ2v) is 4.25. The van der Waals surface area contributed by atoms with Crippen LogP contribution >= 0.6 is 0 Å². The molecule has 1 aliphatic rings. The molecule has 0 amide bonds. The maximum atomic E-state index is 5.59. The largest absolute Gasteiger partial charge is 0.412 e. The third-order valence-corrected chi connectivity index (χ3v) is 3.24. The first-order chi connectivity index (χ1) is 6.38. The van der Waals surface area contributed by atoms with Crippen LogP contribution in [0.5, 0.6) is 0 Å². The van der Waals surface area contributed by atoms with Crippen LogP contribution in [0.25, 0.3) is 0 Å². The molecular weight excluding hydrogens is 184 g/mol. The third kappa shape index (κ3) is 1.80. The Bertz CT molecular complexity index is 182. The molecular formula is C10H20O4. The average molecular weight is 204 g/mol. The van der Waals surface area contributed by atoms with Crippen molar-refractivity contribution in [1.29, 1.82) is 0 Å². The highest BCUT2D eigenvalue weighted by Crippen LogP contribution is 2.40. The Balaban J connectivity index is 2.83. The Morgan fingerprint density at radius 1 is 0.929 bits per heavy atom. The smallest absolute Gasteiger partial charge is 0.307 e. The summed E-state index contributed by atoms with van der Waals surface area (Å²) >= 11 is 0. The monoisotopic (exact) mass is 204 g/mol. The van der Waals surface area contributed by atoms with Gasteiger partial charge in [0, 0.05) is 19.6 Å². The molecule has 0 spiro atoms. The van der Waals surface area contributed by atoms with E-state index in [4.69, 9.17) is 18.9 Å². The van der Waals surface area contributed by atoms with Gasteiger partial charge < -0.3 is 9.47 Å². The number of rotatable bonds is 2.